The smallest absolute Gasteiger partial charge is 0.301 e. The molecular formula is C33H31ClN4O5S. The van der Waals surface area contributed by atoms with E-state index in [1.54, 1.807) is 36.4 Å². The molecule has 226 valence electrons. The van der Waals surface area contributed by atoms with E-state index >= 15 is 0 Å². The molecule has 1 aliphatic rings. The van der Waals surface area contributed by atoms with Gasteiger partial charge in [-0.05, 0) is 73.7 Å². The second kappa shape index (κ2) is 11.6. The lowest BCUT2D eigenvalue weighted by atomic mass is 9.96. The van der Waals surface area contributed by atoms with Gasteiger partial charge in [0.25, 0.3) is 5.78 Å². The van der Waals surface area contributed by atoms with Gasteiger partial charge in [-0.25, -0.2) is 9.97 Å². The molecular weight excluding hydrogens is 600 g/mol. The Morgan fingerprint density at radius 1 is 1.09 bits per heavy atom. The number of halogens is 1. The fourth-order valence-corrected chi connectivity index (χ4v) is 6.65. The molecule has 6 rings (SSSR count). The van der Waals surface area contributed by atoms with E-state index in [-0.39, 0.29) is 17.0 Å². The third kappa shape index (κ3) is 5.07. The number of aliphatic hydroxyl groups excluding tert-OH is 1. The van der Waals surface area contributed by atoms with E-state index in [0.29, 0.717) is 56.6 Å². The quantitative estimate of drug-likeness (QED) is 0.109. The predicted octanol–water partition coefficient (Wildman–Crippen LogP) is 7.27. The van der Waals surface area contributed by atoms with Crippen LogP contribution in [0.25, 0.3) is 21.6 Å². The van der Waals surface area contributed by atoms with Crippen LogP contribution in [0.1, 0.15) is 48.8 Å². The molecule has 9 nitrogen and oxygen atoms in total. The van der Waals surface area contributed by atoms with E-state index < -0.39 is 17.7 Å². The van der Waals surface area contributed by atoms with Gasteiger partial charge >= 0.3 is 5.91 Å². The molecule has 1 amide bonds. The minimum absolute atomic E-state index is 0.0908. The maximum Gasteiger partial charge on any atom is 0.301 e. The van der Waals surface area contributed by atoms with Crippen LogP contribution in [0.5, 0.6) is 11.5 Å². The van der Waals surface area contributed by atoms with Crippen LogP contribution in [0.2, 0.25) is 5.02 Å². The summed E-state index contributed by atoms with van der Waals surface area (Å²) in [6, 6.07) is 13.3. The maximum absolute atomic E-state index is 13.8. The first-order valence-electron chi connectivity index (χ1n) is 14.2. The zero-order valence-corrected chi connectivity index (χ0v) is 26.5. The van der Waals surface area contributed by atoms with Crippen molar-refractivity contribution < 1.29 is 24.2 Å². The number of imidazole rings is 1. The molecule has 1 fully saturated rings. The fourth-order valence-electron chi connectivity index (χ4n) is 5.39. The van der Waals surface area contributed by atoms with Gasteiger partial charge in [-0.15, -0.1) is 0 Å². The minimum atomic E-state index is -1.02. The first-order valence-corrected chi connectivity index (χ1v) is 15.4. The van der Waals surface area contributed by atoms with Crippen molar-refractivity contribution in [3.8, 4) is 11.5 Å². The number of carbonyl (C=O) groups excluding carboxylic acids is 2. The number of methoxy groups -OCH3 is 1. The van der Waals surface area contributed by atoms with Gasteiger partial charge in [0.15, 0.2) is 22.4 Å². The second-order valence-electron chi connectivity index (χ2n) is 11.1. The number of hydrogen-bond donors (Lipinski definition) is 1. The Morgan fingerprint density at radius 3 is 2.61 bits per heavy atom. The highest BCUT2D eigenvalue weighted by molar-refractivity contribution is 7.22. The molecule has 11 heteroatoms. The molecule has 4 heterocycles. The van der Waals surface area contributed by atoms with Crippen LogP contribution in [0.15, 0.2) is 60.3 Å². The monoisotopic (exact) mass is 630 g/mol. The van der Waals surface area contributed by atoms with Crippen LogP contribution >= 0.6 is 22.9 Å². The molecule has 0 bridgehead atoms. The van der Waals surface area contributed by atoms with E-state index in [0.717, 1.165) is 16.7 Å². The molecule has 2 aromatic carbocycles. The van der Waals surface area contributed by atoms with Crippen molar-refractivity contribution in [1.82, 2.24) is 14.4 Å². The van der Waals surface area contributed by atoms with E-state index in [4.69, 9.17) is 21.1 Å². The molecule has 3 aromatic heterocycles. The number of hydrogen-bond acceptors (Lipinski definition) is 8. The molecule has 0 aliphatic carbocycles. The van der Waals surface area contributed by atoms with Crippen molar-refractivity contribution in [2.45, 2.75) is 40.2 Å². The van der Waals surface area contributed by atoms with E-state index in [1.165, 1.54) is 23.3 Å². The van der Waals surface area contributed by atoms with Crippen LogP contribution in [0.4, 0.5) is 5.13 Å². The van der Waals surface area contributed by atoms with Crippen molar-refractivity contribution in [2.24, 2.45) is 5.92 Å². The summed E-state index contributed by atoms with van der Waals surface area (Å²) in [7, 11) is 1.53. The summed E-state index contributed by atoms with van der Waals surface area (Å²) in [4.78, 5) is 38.3. The predicted molar refractivity (Wildman–Crippen MR) is 172 cm³/mol. The van der Waals surface area contributed by atoms with E-state index in [9.17, 15) is 14.7 Å². The van der Waals surface area contributed by atoms with Crippen LogP contribution in [-0.2, 0) is 9.59 Å². The van der Waals surface area contributed by atoms with Gasteiger partial charge in [0.05, 0.1) is 41.2 Å². The minimum Gasteiger partial charge on any atom is -0.505 e. The van der Waals surface area contributed by atoms with Gasteiger partial charge in [-0.2, -0.15) is 0 Å². The molecule has 1 unspecified atom stereocenters. The molecule has 1 N–H and O–H groups in total. The first-order chi connectivity index (χ1) is 21.1. The number of rotatable bonds is 8. The number of pyridine rings is 1. The Bertz CT molecular complexity index is 1980. The molecule has 1 saturated heterocycles. The number of benzene rings is 2. The Hall–Kier alpha value is -4.41. The van der Waals surface area contributed by atoms with Gasteiger partial charge in [-0.3, -0.25) is 14.5 Å². The van der Waals surface area contributed by atoms with Crippen molar-refractivity contribution in [3.05, 3.63) is 87.8 Å². The van der Waals surface area contributed by atoms with Gasteiger partial charge < -0.3 is 19.0 Å². The highest BCUT2D eigenvalue weighted by Gasteiger charge is 2.49. The molecule has 1 aliphatic heterocycles. The number of anilines is 1. The first kappa shape index (κ1) is 29.7. The largest absolute Gasteiger partial charge is 0.505 e. The zero-order chi connectivity index (χ0) is 31.3. The van der Waals surface area contributed by atoms with Crippen LogP contribution in [0.3, 0.4) is 0 Å². The molecule has 0 spiro atoms. The number of Topliss-reactive ketones (excluding diaryl/α,β-unsaturated/α-hetero) is 1. The number of aliphatic hydroxyl groups is 1. The average Bonchev–Trinajstić information content (AvgIpc) is 3.64. The summed E-state index contributed by atoms with van der Waals surface area (Å²) in [5.41, 5.74) is 3.47. The summed E-state index contributed by atoms with van der Waals surface area (Å²) in [6.07, 6.45) is 2.71. The maximum atomic E-state index is 13.8. The summed E-state index contributed by atoms with van der Waals surface area (Å²) in [5, 5.41) is 12.6. The Morgan fingerprint density at radius 2 is 1.89 bits per heavy atom. The second-order valence-corrected chi connectivity index (χ2v) is 12.6. The van der Waals surface area contributed by atoms with Crippen molar-refractivity contribution in [2.75, 3.05) is 18.6 Å². The van der Waals surface area contributed by atoms with E-state index in [2.05, 4.69) is 23.8 Å². The summed E-state index contributed by atoms with van der Waals surface area (Å²) >= 11 is 7.46. The zero-order valence-electron chi connectivity index (χ0n) is 24.9. The number of nitrogens with zero attached hydrogens (tertiary/aromatic N) is 4. The highest BCUT2D eigenvalue weighted by Crippen LogP contribution is 2.46. The third-order valence-electron chi connectivity index (χ3n) is 7.75. The number of aromatic nitrogens is 3. The van der Waals surface area contributed by atoms with Crippen LogP contribution in [0, 0.1) is 19.8 Å². The Balaban J connectivity index is 1.54. The van der Waals surface area contributed by atoms with Crippen molar-refractivity contribution >= 4 is 61.4 Å². The number of aryl methyl sites for hydroxylation is 2. The average molecular weight is 631 g/mol. The highest BCUT2D eigenvalue weighted by atomic mass is 35.5. The SMILES string of the molecule is COc1cc(C2/C(=C(\O)c3nc4c(C)cccn4c3C)C(=O)C(=O)N2c2nc3ccc(Cl)cc3s2)ccc1OCCC(C)C. The van der Waals surface area contributed by atoms with E-state index in [1.807, 2.05) is 36.6 Å². The Kier molecular flexibility index (Phi) is 7.81. The van der Waals surface area contributed by atoms with Crippen molar-refractivity contribution in [3.63, 3.8) is 0 Å². The number of amides is 1. The van der Waals surface area contributed by atoms with Crippen molar-refractivity contribution in [1.29, 1.82) is 0 Å². The summed E-state index contributed by atoms with van der Waals surface area (Å²) in [6.45, 7) is 8.47. The molecule has 44 heavy (non-hydrogen) atoms. The summed E-state index contributed by atoms with van der Waals surface area (Å²) in [5.74, 6) is -0.570. The molecule has 0 radical (unpaired) electrons. The fraction of sp³-hybridized carbons (Fsp3) is 0.273. The number of ketones is 1. The van der Waals surface area contributed by atoms with Crippen LogP contribution < -0.4 is 14.4 Å². The standard InChI is InChI=1S/C33H31ClN4O5S/c1-17(2)12-14-43-23-11-8-20(15-24(23)42-5)28-26(29(39)27-19(4)37-13-6-7-18(3)31(37)36-27)30(40)32(41)38(28)33-35-22-10-9-21(34)16-25(22)44-33/h6-11,13,15-17,28,39H,12,14H2,1-5H3/b29-26+. The van der Waals surface area contributed by atoms with Gasteiger partial charge in [0, 0.05) is 11.2 Å². The lowest BCUT2D eigenvalue weighted by molar-refractivity contribution is -0.132. The molecule has 5 aromatic rings. The number of thiazole rings is 1. The third-order valence-corrected chi connectivity index (χ3v) is 9.01. The van der Waals surface area contributed by atoms with Gasteiger partial charge in [0.2, 0.25) is 0 Å². The van der Waals surface area contributed by atoms with Gasteiger partial charge in [-0.1, -0.05) is 48.9 Å². The topological polar surface area (TPSA) is 106 Å². The molecule has 0 saturated carbocycles. The number of fused-ring (bicyclic) bond motifs is 2. The lowest BCUT2D eigenvalue weighted by Gasteiger charge is -2.24. The van der Waals surface area contributed by atoms with Crippen LogP contribution in [-0.4, -0.2) is 44.9 Å². The van der Waals surface area contributed by atoms with Gasteiger partial charge in [0.1, 0.15) is 11.3 Å². The number of ether oxygens (including phenoxy) is 2. The normalized spacial score (nSPS) is 16.5. The summed E-state index contributed by atoms with van der Waals surface area (Å²) < 4.78 is 14.3. The molecule has 1 atom stereocenters. The number of carbonyl (C=O) groups is 2. The lowest BCUT2D eigenvalue weighted by Crippen LogP contribution is -2.29. The Labute approximate surface area is 263 Å².